The number of rotatable bonds is 2. The topological polar surface area (TPSA) is 66.5 Å². The molecule has 1 aromatic rings. The fraction of sp³-hybridized carbons (Fsp3) is 0.364. The molecule has 0 saturated carbocycles. The molecule has 0 spiro atoms. The van der Waals surface area contributed by atoms with Gasteiger partial charge in [-0.3, -0.25) is 4.79 Å². The van der Waals surface area contributed by atoms with Crippen molar-refractivity contribution >= 4 is 15.9 Å². The van der Waals surface area contributed by atoms with Crippen molar-refractivity contribution in [2.75, 3.05) is 13.1 Å². The van der Waals surface area contributed by atoms with E-state index in [-0.39, 0.29) is 13.1 Å². The summed E-state index contributed by atoms with van der Waals surface area (Å²) in [5.74, 6) is -2.36. The first-order valence-corrected chi connectivity index (χ1v) is 7.02. The van der Waals surface area contributed by atoms with Gasteiger partial charge < -0.3 is 5.32 Å². The van der Waals surface area contributed by atoms with Crippen molar-refractivity contribution in [2.24, 2.45) is 0 Å². The molecule has 1 atom stereocenters. The number of halogens is 2. The van der Waals surface area contributed by atoms with Gasteiger partial charge in [-0.15, -0.1) is 0 Å². The summed E-state index contributed by atoms with van der Waals surface area (Å²) in [6.07, 6.45) is 0. The molecule has 0 aliphatic carbocycles. The van der Waals surface area contributed by atoms with Gasteiger partial charge in [0.15, 0.2) is 0 Å². The van der Waals surface area contributed by atoms with Crippen molar-refractivity contribution in [3.63, 3.8) is 0 Å². The summed E-state index contributed by atoms with van der Waals surface area (Å²) in [4.78, 5) is 10.7. The van der Waals surface area contributed by atoms with Gasteiger partial charge in [0.2, 0.25) is 15.9 Å². The Hall–Kier alpha value is -1.54. The van der Waals surface area contributed by atoms with Crippen molar-refractivity contribution in [1.29, 1.82) is 0 Å². The summed E-state index contributed by atoms with van der Waals surface area (Å²) < 4.78 is 52.0. The van der Waals surface area contributed by atoms with Crippen molar-refractivity contribution < 1.29 is 22.0 Å². The van der Waals surface area contributed by atoms with Crippen LogP contribution in [0, 0.1) is 11.6 Å². The first-order chi connectivity index (χ1) is 8.84. The second-order valence-electron chi connectivity index (χ2n) is 4.16. The Kier molecular flexibility index (Phi) is 3.55. The molecule has 1 aliphatic rings. The molecule has 0 aromatic heterocycles. The van der Waals surface area contributed by atoms with Crippen LogP contribution in [0.5, 0.6) is 0 Å². The molecular formula is C11H12F2N2O3S. The molecule has 1 aliphatic heterocycles. The van der Waals surface area contributed by atoms with E-state index in [9.17, 15) is 22.0 Å². The zero-order valence-electron chi connectivity index (χ0n) is 10.1. The van der Waals surface area contributed by atoms with Gasteiger partial charge in [-0.1, -0.05) is 0 Å². The van der Waals surface area contributed by atoms with Crippen LogP contribution in [0.3, 0.4) is 0 Å². The zero-order chi connectivity index (χ0) is 14.2. The third-order valence-electron chi connectivity index (χ3n) is 2.92. The van der Waals surface area contributed by atoms with E-state index in [4.69, 9.17) is 0 Å². The second-order valence-corrected chi connectivity index (χ2v) is 6.02. The van der Waals surface area contributed by atoms with E-state index < -0.39 is 38.5 Å². The van der Waals surface area contributed by atoms with Gasteiger partial charge in [0.25, 0.3) is 0 Å². The Morgan fingerprint density at radius 3 is 2.74 bits per heavy atom. The minimum atomic E-state index is -4.24. The van der Waals surface area contributed by atoms with Gasteiger partial charge in [0, 0.05) is 13.1 Å². The maximum Gasteiger partial charge on any atom is 0.246 e. The quantitative estimate of drug-likeness (QED) is 0.861. The highest BCUT2D eigenvalue weighted by atomic mass is 32.2. The third kappa shape index (κ3) is 2.45. The van der Waals surface area contributed by atoms with E-state index in [0.29, 0.717) is 6.07 Å². The predicted octanol–water partition coefficient (Wildman–Crippen LogP) is 0.474. The number of nitrogens with zero attached hydrogens (tertiary/aromatic N) is 1. The molecule has 1 heterocycles. The lowest BCUT2D eigenvalue weighted by atomic mass is 10.2. The minimum absolute atomic E-state index is 0.0190. The number of piperazine rings is 1. The van der Waals surface area contributed by atoms with Gasteiger partial charge in [0.05, 0.1) is 0 Å². The van der Waals surface area contributed by atoms with Crippen LogP contribution in [-0.2, 0) is 14.8 Å². The molecule has 104 valence electrons. The zero-order valence-corrected chi connectivity index (χ0v) is 10.9. The van der Waals surface area contributed by atoms with Gasteiger partial charge in [-0.05, 0) is 25.1 Å². The number of amides is 1. The van der Waals surface area contributed by atoms with Crippen molar-refractivity contribution in [3.8, 4) is 0 Å². The summed E-state index contributed by atoms with van der Waals surface area (Å²) >= 11 is 0. The van der Waals surface area contributed by atoms with Gasteiger partial charge in [-0.2, -0.15) is 4.31 Å². The van der Waals surface area contributed by atoms with Gasteiger partial charge in [0.1, 0.15) is 22.6 Å². The van der Waals surface area contributed by atoms with E-state index in [1.807, 2.05) is 0 Å². The average molecular weight is 290 g/mol. The normalized spacial score (nSPS) is 21.2. The van der Waals surface area contributed by atoms with Crippen LogP contribution >= 0.6 is 0 Å². The summed E-state index contributed by atoms with van der Waals surface area (Å²) in [7, 11) is -4.24. The molecule has 1 saturated heterocycles. The predicted molar refractivity (Wildman–Crippen MR) is 62.7 cm³/mol. The lowest BCUT2D eigenvalue weighted by Gasteiger charge is -2.31. The van der Waals surface area contributed by atoms with Crippen molar-refractivity contribution in [2.45, 2.75) is 17.9 Å². The Balaban J connectivity index is 2.47. The van der Waals surface area contributed by atoms with Crippen LogP contribution in [-0.4, -0.2) is 37.8 Å². The highest BCUT2D eigenvalue weighted by molar-refractivity contribution is 7.89. The standard InChI is InChI=1S/C11H12F2N2O3S/c1-7-11(16)14-4-5-15(7)19(17,18)10-6-8(12)2-3-9(10)13/h2-3,6-7H,4-5H2,1H3,(H,14,16). The number of nitrogens with one attached hydrogen (secondary N) is 1. The summed E-state index contributed by atoms with van der Waals surface area (Å²) in [5, 5.41) is 2.50. The maximum atomic E-state index is 13.6. The average Bonchev–Trinajstić information content (AvgIpc) is 2.35. The number of hydrogen-bond acceptors (Lipinski definition) is 3. The number of carbonyl (C=O) groups is 1. The van der Waals surface area contributed by atoms with Gasteiger partial charge in [-0.25, -0.2) is 17.2 Å². The van der Waals surface area contributed by atoms with Crippen LogP contribution < -0.4 is 5.32 Å². The summed E-state index contributed by atoms with van der Waals surface area (Å²) in [5.41, 5.74) is 0. The Morgan fingerprint density at radius 2 is 2.05 bits per heavy atom. The third-order valence-corrected chi connectivity index (χ3v) is 4.91. The first-order valence-electron chi connectivity index (χ1n) is 5.58. The first kappa shape index (κ1) is 13.9. The Labute approximate surface area is 109 Å². The largest absolute Gasteiger partial charge is 0.353 e. The van der Waals surface area contributed by atoms with Crippen molar-refractivity contribution in [1.82, 2.24) is 9.62 Å². The number of sulfonamides is 1. The SMILES string of the molecule is CC1C(=O)NCCN1S(=O)(=O)c1cc(F)ccc1F. The lowest BCUT2D eigenvalue weighted by Crippen LogP contribution is -2.55. The second kappa shape index (κ2) is 4.86. The van der Waals surface area contributed by atoms with E-state index in [1.54, 1.807) is 0 Å². The molecule has 1 N–H and O–H groups in total. The minimum Gasteiger partial charge on any atom is -0.353 e. The van der Waals surface area contributed by atoms with Crippen LogP contribution in [0.1, 0.15) is 6.92 Å². The van der Waals surface area contributed by atoms with E-state index >= 15 is 0 Å². The van der Waals surface area contributed by atoms with E-state index in [0.717, 1.165) is 16.4 Å². The molecule has 0 bridgehead atoms. The molecule has 1 unspecified atom stereocenters. The fourth-order valence-electron chi connectivity index (χ4n) is 1.89. The number of carbonyl (C=O) groups excluding carboxylic acids is 1. The Morgan fingerprint density at radius 1 is 1.37 bits per heavy atom. The van der Waals surface area contributed by atoms with Crippen LogP contribution in [0.15, 0.2) is 23.1 Å². The molecule has 19 heavy (non-hydrogen) atoms. The highest BCUT2D eigenvalue weighted by Gasteiger charge is 2.37. The van der Waals surface area contributed by atoms with Crippen LogP contribution in [0.25, 0.3) is 0 Å². The van der Waals surface area contributed by atoms with Crippen LogP contribution in [0.4, 0.5) is 8.78 Å². The van der Waals surface area contributed by atoms with E-state index in [2.05, 4.69) is 5.32 Å². The molecular weight excluding hydrogens is 278 g/mol. The summed E-state index contributed by atoms with van der Waals surface area (Å²) in [6, 6.07) is 1.24. The highest BCUT2D eigenvalue weighted by Crippen LogP contribution is 2.23. The Bertz CT molecular complexity index is 618. The summed E-state index contributed by atoms with van der Waals surface area (Å²) in [6.45, 7) is 1.55. The fourth-order valence-corrected chi connectivity index (χ4v) is 3.56. The van der Waals surface area contributed by atoms with Gasteiger partial charge >= 0.3 is 0 Å². The number of hydrogen-bond donors (Lipinski definition) is 1. The molecule has 2 rings (SSSR count). The number of benzene rings is 1. The monoisotopic (exact) mass is 290 g/mol. The molecule has 0 radical (unpaired) electrons. The smallest absolute Gasteiger partial charge is 0.246 e. The molecule has 1 aromatic carbocycles. The molecule has 1 amide bonds. The van der Waals surface area contributed by atoms with Crippen molar-refractivity contribution in [3.05, 3.63) is 29.8 Å². The molecule has 1 fully saturated rings. The maximum absolute atomic E-state index is 13.6. The lowest BCUT2D eigenvalue weighted by molar-refractivity contribution is -0.126. The molecule has 8 heteroatoms. The van der Waals surface area contributed by atoms with E-state index in [1.165, 1.54) is 6.92 Å². The molecule has 5 nitrogen and oxygen atoms in total. The van der Waals surface area contributed by atoms with Crippen LogP contribution in [0.2, 0.25) is 0 Å².